The summed E-state index contributed by atoms with van der Waals surface area (Å²) in [6.07, 6.45) is 47.7. The van der Waals surface area contributed by atoms with E-state index in [0.717, 1.165) is 150 Å². The Morgan fingerprint density at radius 1 is 0.338 bits per heavy atom. The van der Waals surface area contributed by atoms with Crippen LogP contribution < -0.4 is 24.3 Å². The molecule has 0 saturated heterocycles. The van der Waals surface area contributed by atoms with Crippen LogP contribution in [-0.2, 0) is 19.2 Å². The van der Waals surface area contributed by atoms with Gasteiger partial charge in [-0.3, -0.25) is 44.1 Å². The van der Waals surface area contributed by atoms with Gasteiger partial charge in [0.2, 0.25) is 29.5 Å². The van der Waals surface area contributed by atoms with Gasteiger partial charge in [0.05, 0.1) is 54.6 Å². The summed E-state index contributed by atoms with van der Waals surface area (Å²) in [5.41, 5.74) is 24.0. The number of aromatic nitrogens is 15. The molecule has 4 amide bonds. The zero-order valence-electron chi connectivity index (χ0n) is 75.3. The summed E-state index contributed by atoms with van der Waals surface area (Å²) in [6, 6.07) is 38.1. The molecule has 0 bridgehead atoms. The monoisotopic (exact) mass is 1730 g/mol. The van der Waals surface area contributed by atoms with E-state index in [-0.39, 0.29) is 23.6 Å². The smallest absolute Gasteiger partial charge is 0.250 e. The van der Waals surface area contributed by atoms with Crippen molar-refractivity contribution < 1.29 is 23.9 Å². The Labute approximate surface area is 754 Å². The second-order valence-corrected chi connectivity index (χ2v) is 31.9. The molecular weight excluding hydrogens is 1630 g/mol. The Hall–Kier alpha value is -16.0. The Kier molecular flexibility index (Phi) is 30.2. The molecule has 0 aliphatic carbocycles. The van der Waals surface area contributed by atoms with Gasteiger partial charge in [0.25, 0.3) is 0 Å². The number of rotatable bonds is 25. The largest absolute Gasteiger partial charge is 0.481 e. The molecular formula is C101H102N24O5. The number of likely N-dealkylation sites (N-methyl/N-ethyl adjacent to an activating group) is 8. The van der Waals surface area contributed by atoms with E-state index in [1.54, 1.807) is 160 Å². The maximum absolute atomic E-state index is 12.5. The average Bonchev–Trinajstić information content (AvgIpc) is 1.63. The number of ether oxygens (including phenoxy) is 1. The number of nitrogens with one attached hydrogen (secondary N) is 4. The van der Waals surface area contributed by atoms with Gasteiger partial charge < -0.3 is 63.9 Å². The highest BCUT2D eigenvalue weighted by Crippen LogP contribution is 2.38. The third-order valence-electron chi connectivity index (χ3n) is 21.1. The number of nitriles is 1. The number of aromatic amines is 4. The maximum atomic E-state index is 12.5. The summed E-state index contributed by atoms with van der Waals surface area (Å²) in [5, 5.41) is 13.1. The molecule has 0 atom stereocenters. The number of nitrogens with zero attached hydrogens (tertiary/aromatic N) is 20. The number of hydrogen-bond acceptors (Lipinski definition) is 21. The van der Waals surface area contributed by atoms with E-state index in [1.807, 2.05) is 205 Å². The summed E-state index contributed by atoms with van der Waals surface area (Å²) >= 11 is 0. The number of amides is 4. The van der Waals surface area contributed by atoms with E-state index in [0.29, 0.717) is 49.1 Å². The van der Waals surface area contributed by atoms with Crippen LogP contribution in [0.4, 0.5) is 22.7 Å². The van der Waals surface area contributed by atoms with Crippen molar-refractivity contribution in [2.24, 2.45) is 0 Å². The second kappa shape index (κ2) is 42.8. The van der Waals surface area contributed by atoms with E-state index < -0.39 is 0 Å². The van der Waals surface area contributed by atoms with Crippen molar-refractivity contribution in [1.29, 1.82) is 5.26 Å². The molecule has 16 rings (SSSR count). The van der Waals surface area contributed by atoms with Gasteiger partial charge in [-0.15, -0.1) is 0 Å². The summed E-state index contributed by atoms with van der Waals surface area (Å²) in [4.78, 5) is 126. The standard InChI is InChI=1S/C26H27N5O.C25H23N7O.C25H26N6O2.C25H26N6O/c1-18-7-5-8-19(11-18)24-17-29-26-23(24)13-21(15-28-26)20-12-22(16-27-14-20)31(4)25(32)9-6-10-30(2)3;1-31(2)8-4-5-24(33)32(3)21-10-18(13-27-15-21)19-11-22-23(16-30-25(22)29-14-19)17-6-7-28-20(9-17)12-26;1-30(2)9-5-6-24(32)31(3)20-10-18(13-26-15-20)19-11-21-22(16-29-25(21)28-14-19)17-7-8-27-23(12-17)33-4;1-17-10-18(7-8-27-17)23-16-29-25-22(23)12-20(14-28-25)19-11-21(15-26-13-19)31(4)24(32)6-5-9-30(2)3/h5-9,11-17H,10H2,1-4H3,(H,28,29);4-7,9-11,13-16H,8H2,1-3H3,(H,29,30);5-8,10-16H,9H2,1-4H3,(H,28,29);5-8,10-16H,9H2,1-4H3,(H,28,29)/b9-6+;5-4+;2*6-5+. The van der Waals surface area contributed by atoms with Crippen LogP contribution in [0.25, 0.3) is 133 Å². The number of benzene rings is 1. The molecule has 656 valence electrons. The molecule has 15 aromatic heterocycles. The normalized spacial score (nSPS) is 11.4. The first kappa shape index (κ1) is 91.7. The Morgan fingerprint density at radius 2 is 0.638 bits per heavy atom. The van der Waals surface area contributed by atoms with Crippen molar-refractivity contribution >= 4 is 90.5 Å². The summed E-state index contributed by atoms with van der Waals surface area (Å²) in [7, 11) is 24.2. The van der Waals surface area contributed by atoms with Gasteiger partial charge in [-0.1, -0.05) is 54.1 Å². The van der Waals surface area contributed by atoms with Crippen LogP contribution in [0.15, 0.2) is 276 Å². The lowest BCUT2D eigenvalue weighted by molar-refractivity contribution is -0.114. The fraction of sp³-hybridized carbons (Fsp3) is 0.188. The van der Waals surface area contributed by atoms with Crippen LogP contribution in [0.2, 0.25) is 0 Å². The van der Waals surface area contributed by atoms with E-state index in [9.17, 15) is 24.4 Å². The topological polar surface area (TPSA) is 332 Å². The molecule has 130 heavy (non-hydrogen) atoms. The predicted molar refractivity (Wildman–Crippen MR) is 518 cm³/mol. The number of methoxy groups -OCH3 is 1. The zero-order chi connectivity index (χ0) is 92.1. The fourth-order valence-electron chi connectivity index (χ4n) is 14.0. The van der Waals surface area contributed by atoms with Crippen LogP contribution in [0.3, 0.4) is 0 Å². The van der Waals surface area contributed by atoms with Crippen molar-refractivity contribution in [3.8, 4) is 101 Å². The second-order valence-electron chi connectivity index (χ2n) is 31.9. The van der Waals surface area contributed by atoms with Crippen molar-refractivity contribution in [1.82, 2.24) is 94.4 Å². The number of pyridine rings is 11. The van der Waals surface area contributed by atoms with Gasteiger partial charge in [-0.05, 0) is 171 Å². The van der Waals surface area contributed by atoms with E-state index in [4.69, 9.17) is 4.74 Å². The minimum atomic E-state index is -0.122. The number of hydrogen-bond donors (Lipinski definition) is 4. The van der Waals surface area contributed by atoms with Crippen LogP contribution >= 0.6 is 0 Å². The molecule has 29 nitrogen and oxygen atoms in total. The minimum absolute atomic E-state index is 0.0910. The highest BCUT2D eigenvalue weighted by atomic mass is 16.5. The van der Waals surface area contributed by atoms with Crippen molar-refractivity contribution in [3.63, 3.8) is 0 Å². The Bertz CT molecular complexity index is 6710. The maximum Gasteiger partial charge on any atom is 0.250 e. The van der Waals surface area contributed by atoms with Gasteiger partial charge in [0, 0.05) is 272 Å². The van der Waals surface area contributed by atoms with E-state index in [2.05, 4.69) is 136 Å². The average molecular weight is 1730 g/mol. The number of H-pyrrole nitrogens is 4. The molecule has 0 aliphatic rings. The first-order chi connectivity index (χ1) is 62.8. The Morgan fingerprint density at radius 3 is 0.946 bits per heavy atom. The zero-order valence-corrected chi connectivity index (χ0v) is 75.3. The van der Waals surface area contributed by atoms with E-state index >= 15 is 0 Å². The lowest BCUT2D eigenvalue weighted by Crippen LogP contribution is -2.24. The van der Waals surface area contributed by atoms with Gasteiger partial charge >= 0.3 is 0 Å². The summed E-state index contributed by atoms with van der Waals surface area (Å²) in [5.74, 6) is 0.134. The van der Waals surface area contributed by atoms with Gasteiger partial charge in [0.1, 0.15) is 34.4 Å². The molecule has 1 aromatic carbocycles. The van der Waals surface area contributed by atoms with Crippen LogP contribution in [0, 0.1) is 25.2 Å². The minimum Gasteiger partial charge on any atom is -0.481 e. The molecule has 29 heteroatoms. The number of fused-ring (bicyclic) bond motifs is 4. The molecule has 0 radical (unpaired) electrons. The summed E-state index contributed by atoms with van der Waals surface area (Å²) in [6.45, 7) is 6.88. The molecule has 16 aromatic rings. The first-order valence-electron chi connectivity index (χ1n) is 41.7. The number of aryl methyl sites for hydroxylation is 2. The fourth-order valence-corrected chi connectivity index (χ4v) is 14.0. The molecule has 0 fully saturated rings. The quantitative estimate of drug-likeness (QED) is 0.0386. The SMILES string of the molecule is CN(C)C/C=C/C(=O)N(C)c1cncc(-c2cnc3[nH]cc(-c4ccnc(C#N)c4)c3c2)c1.COc1cc(-c2c[nH]c3ncc(-c4cncc(N(C)C(=O)/C=C/CN(C)C)c4)cc23)ccn1.Cc1cc(-c2c[nH]c3ncc(-c4cncc(N(C)C(=O)/C=C/CN(C)C)c4)cc23)ccn1.Cc1cccc(-c2c[nH]c3ncc(-c4cncc(N(C)C(=O)/C=C/CN(C)C)c4)cc23)c1. The molecule has 0 aliphatic heterocycles. The molecule has 0 saturated carbocycles. The third kappa shape index (κ3) is 23.2. The lowest BCUT2D eigenvalue weighted by Gasteiger charge is -2.16. The Balaban J connectivity index is 0.000000148. The number of anilines is 4. The number of carbonyl (C=O) groups excluding carboxylic acids is 4. The van der Waals surface area contributed by atoms with Crippen LogP contribution in [0.1, 0.15) is 17.0 Å². The van der Waals surface area contributed by atoms with Crippen LogP contribution in [-0.4, -0.2) is 236 Å². The summed E-state index contributed by atoms with van der Waals surface area (Å²) < 4.78 is 5.26. The highest BCUT2D eigenvalue weighted by Gasteiger charge is 2.20. The lowest BCUT2D eigenvalue weighted by atomic mass is 10.0. The van der Waals surface area contributed by atoms with Gasteiger partial charge in [-0.25, -0.2) is 29.9 Å². The van der Waals surface area contributed by atoms with Crippen LogP contribution in [0.5, 0.6) is 5.88 Å². The van der Waals surface area contributed by atoms with Gasteiger partial charge in [-0.2, -0.15) is 5.26 Å². The molecule has 15 heterocycles. The predicted octanol–water partition coefficient (Wildman–Crippen LogP) is 16.2. The van der Waals surface area contributed by atoms with E-state index in [1.165, 1.54) is 5.56 Å². The highest BCUT2D eigenvalue weighted by molar-refractivity contribution is 6.05. The molecule has 4 N–H and O–H groups in total. The third-order valence-corrected chi connectivity index (χ3v) is 21.1. The van der Waals surface area contributed by atoms with Crippen molar-refractivity contribution in [3.05, 3.63) is 292 Å². The van der Waals surface area contributed by atoms with Crippen molar-refractivity contribution in [2.45, 2.75) is 13.8 Å². The first-order valence-corrected chi connectivity index (χ1v) is 41.7. The molecule has 0 unspecified atom stereocenters. The number of carbonyl (C=O) groups is 4. The van der Waals surface area contributed by atoms with Crippen molar-refractivity contribution in [2.75, 3.05) is 137 Å². The van der Waals surface area contributed by atoms with Gasteiger partial charge in [0.15, 0.2) is 0 Å². The molecule has 0 spiro atoms.